The molecule has 1 aromatic carbocycles. The van der Waals surface area contributed by atoms with Gasteiger partial charge in [-0.25, -0.2) is 4.79 Å². The third-order valence-corrected chi connectivity index (χ3v) is 2.41. The van der Waals surface area contributed by atoms with E-state index in [0.29, 0.717) is 6.07 Å². The fourth-order valence-corrected chi connectivity index (χ4v) is 1.51. The number of hydrogen-bond acceptors (Lipinski definition) is 3. The summed E-state index contributed by atoms with van der Waals surface area (Å²) in [5.41, 5.74) is 3.17. The van der Waals surface area contributed by atoms with E-state index >= 15 is 0 Å². The third kappa shape index (κ3) is 3.13. The molecule has 8 heteroatoms. The first-order valence-electron chi connectivity index (χ1n) is 4.54. The Balaban J connectivity index is 3.21. The summed E-state index contributed by atoms with van der Waals surface area (Å²) in [7, 11) is 0. The first-order chi connectivity index (χ1) is 8.12. The van der Waals surface area contributed by atoms with Crippen molar-refractivity contribution in [2.45, 2.75) is 12.6 Å². The molecule has 0 heterocycles. The lowest BCUT2D eigenvalue weighted by Gasteiger charge is -2.12. The molecule has 3 N–H and O–H groups in total. The molecule has 0 aromatic heterocycles. The second kappa shape index (κ2) is 4.85. The Labute approximate surface area is 104 Å². The summed E-state index contributed by atoms with van der Waals surface area (Å²) in [5.74, 6) is -2.96. The van der Waals surface area contributed by atoms with E-state index in [9.17, 15) is 22.8 Å². The molecular formula is C10H7ClF3NO3. The van der Waals surface area contributed by atoms with Gasteiger partial charge in [-0.3, -0.25) is 4.79 Å². The number of nitrogen functional groups attached to an aromatic ring is 1. The first kappa shape index (κ1) is 14.3. The largest absolute Gasteiger partial charge is 0.475 e. The highest BCUT2D eigenvalue weighted by molar-refractivity contribution is 6.34. The summed E-state index contributed by atoms with van der Waals surface area (Å²) < 4.78 is 37.7. The number of carboxylic acids is 1. The van der Waals surface area contributed by atoms with Crippen LogP contribution in [0.3, 0.4) is 0 Å². The van der Waals surface area contributed by atoms with E-state index in [1.165, 1.54) is 0 Å². The lowest BCUT2D eigenvalue weighted by atomic mass is 10.0. The molecule has 0 fully saturated rings. The normalized spacial score (nSPS) is 11.3. The van der Waals surface area contributed by atoms with Crippen LogP contribution in [0, 0.1) is 0 Å². The van der Waals surface area contributed by atoms with Crippen molar-refractivity contribution in [2.75, 3.05) is 5.73 Å². The number of ketones is 1. The number of anilines is 1. The van der Waals surface area contributed by atoms with Crippen LogP contribution >= 0.6 is 11.6 Å². The highest BCUT2D eigenvalue weighted by Gasteiger charge is 2.34. The summed E-state index contributed by atoms with van der Waals surface area (Å²) in [6, 6.07) is 1.65. The Bertz CT molecular complexity index is 514. The van der Waals surface area contributed by atoms with Gasteiger partial charge in [-0.15, -0.1) is 0 Å². The lowest BCUT2D eigenvalue weighted by Crippen LogP contribution is -2.16. The van der Waals surface area contributed by atoms with Crippen molar-refractivity contribution in [3.05, 3.63) is 28.3 Å². The molecule has 0 amide bonds. The summed E-state index contributed by atoms with van der Waals surface area (Å²) in [5, 5.41) is 7.99. The minimum Gasteiger partial charge on any atom is -0.475 e. The predicted molar refractivity (Wildman–Crippen MR) is 57.2 cm³/mol. The van der Waals surface area contributed by atoms with Crippen LogP contribution in [0.25, 0.3) is 0 Å². The molecule has 0 atom stereocenters. The van der Waals surface area contributed by atoms with Crippen LogP contribution in [0.15, 0.2) is 12.1 Å². The van der Waals surface area contributed by atoms with Crippen molar-refractivity contribution < 1.29 is 27.9 Å². The van der Waals surface area contributed by atoms with Gasteiger partial charge in [0.05, 0.1) is 16.3 Å². The Hall–Kier alpha value is -1.76. The van der Waals surface area contributed by atoms with E-state index in [0.717, 1.165) is 6.07 Å². The van der Waals surface area contributed by atoms with Crippen molar-refractivity contribution in [1.82, 2.24) is 0 Å². The average Bonchev–Trinajstić information content (AvgIpc) is 2.21. The Morgan fingerprint density at radius 1 is 1.33 bits per heavy atom. The van der Waals surface area contributed by atoms with Crippen LogP contribution in [-0.2, 0) is 22.2 Å². The first-order valence-corrected chi connectivity index (χ1v) is 4.92. The number of rotatable bonds is 3. The summed E-state index contributed by atoms with van der Waals surface area (Å²) in [6.45, 7) is 0. The zero-order valence-corrected chi connectivity index (χ0v) is 9.47. The Morgan fingerprint density at radius 3 is 2.33 bits per heavy atom. The zero-order valence-electron chi connectivity index (χ0n) is 8.71. The molecule has 1 aromatic rings. The fraction of sp³-hybridized carbons (Fsp3) is 0.200. The number of carbonyl (C=O) groups is 2. The highest BCUT2D eigenvalue weighted by atomic mass is 35.5. The lowest BCUT2D eigenvalue weighted by molar-refractivity contribution is -0.148. The summed E-state index contributed by atoms with van der Waals surface area (Å²) in [6.07, 6.45) is -5.41. The van der Waals surface area contributed by atoms with Gasteiger partial charge in [-0.05, 0) is 17.7 Å². The SMILES string of the molecule is Nc1c(Cl)cc(CC(=O)C(=O)O)cc1C(F)(F)F. The van der Waals surface area contributed by atoms with E-state index in [4.69, 9.17) is 22.4 Å². The number of nitrogens with two attached hydrogens (primary N) is 1. The standard InChI is InChI=1S/C10H7ClF3NO3/c11-6-2-4(3-7(16)9(17)18)1-5(8(6)15)10(12,13)14/h1-2H,3,15H2,(H,17,18). The molecule has 98 valence electrons. The fourth-order valence-electron chi connectivity index (χ4n) is 1.27. The van der Waals surface area contributed by atoms with Gasteiger partial charge >= 0.3 is 12.1 Å². The maximum atomic E-state index is 12.6. The number of carbonyl (C=O) groups excluding carboxylic acids is 1. The van der Waals surface area contributed by atoms with Gasteiger partial charge in [-0.2, -0.15) is 13.2 Å². The Kier molecular flexibility index (Phi) is 3.85. The molecule has 0 unspecified atom stereocenters. The summed E-state index contributed by atoms with van der Waals surface area (Å²) in [4.78, 5) is 21.2. The number of Topliss-reactive ketones (excluding diaryl/α,β-unsaturated/α-hetero) is 1. The van der Waals surface area contributed by atoms with E-state index < -0.39 is 35.6 Å². The molecule has 0 aliphatic heterocycles. The monoisotopic (exact) mass is 281 g/mol. The van der Waals surface area contributed by atoms with Crippen molar-refractivity contribution in [2.24, 2.45) is 0 Å². The van der Waals surface area contributed by atoms with E-state index in [1.54, 1.807) is 0 Å². The van der Waals surface area contributed by atoms with Gasteiger partial charge in [0.25, 0.3) is 0 Å². The molecule has 0 bridgehead atoms. The van der Waals surface area contributed by atoms with Gasteiger partial charge in [-0.1, -0.05) is 11.6 Å². The van der Waals surface area contributed by atoms with Gasteiger partial charge < -0.3 is 10.8 Å². The molecule has 1 rings (SSSR count). The number of benzene rings is 1. The number of hydrogen-bond donors (Lipinski definition) is 2. The molecule has 4 nitrogen and oxygen atoms in total. The van der Waals surface area contributed by atoms with Crippen molar-refractivity contribution in [1.29, 1.82) is 0 Å². The van der Waals surface area contributed by atoms with Crippen LogP contribution in [0.4, 0.5) is 18.9 Å². The Morgan fingerprint density at radius 2 is 1.89 bits per heavy atom. The second-order valence-electron chi connectivity index (χ2n) is 3.44. The van der Waals surface area contributed by atoms with Crippen LogP contribution in [0.5, 0.6) is 0 Å². The summed E-state index contributed by atoms with van der Waals surface area (Å²) >= 11 is 5.50. The highest BCUT2D eigenvalue weighted by Crippen LogP contribution is 2.37. The average molecular weight is 282 g/mol. The molecule has 0 saturated heterocycles. The minimum absolute atomic E-state index is 0.158. The van der Waals surface area contributed by atoms with Crippen LogP contribution in [0.2, 0.25) is 5.02 Å². The second-order valence-corrected chi connectivity index (χ2v) is 3.85. The van der Waals surface area contributed by atoms with Crippen LogP contribution in [-0.4, -0.2) is 16.9 Å². The number of alkyl halides is 3. The topological polar surface area (TPSA) is 80.4 Å². The number of halogens is 4. The van der Waals surface area contributed by atoms with Crippen LogP contribution < -0.4 is 5.73 Å². The smallest absolute Gasteiger partial charge is 0.418 e. The number of carboxylic acid groups (broad SMARTS) is 1. The third-order valence-electron chi connectivity index (χ3n) is 2.10. The minimum atomic E-state index is -4.73. The molecule has 0 aliphatic rings. The molecule has 0 aliphatic carbocycles. The molecule has 0 radical (unpaired) electrons. The van der Waals surface area contributed by atoms with Crippen LogP contribution in [0.1, 0.15) is 11.1 Å². The zero-order chi connectivity index (χ0) is 14.1. The van der Waals surface area contributed by atoms with Crippen molar-refractivity contribution in [3.63, 3.8) is 0 Å². The maximum Gasteiger partial charge on any atom is 0.418 e. The van der Waals surface area contributed by atoms with E-state index in [1.807, 2.05) is 0 Å². The van der Waals surface area contributed by atoms with Crippen molar-refractivity contribution >= 4 is 29.0 Å². The predicted octanol–water partition coefficient (Wildman–Crippen LogP) is 2.14. The van der Waals surface area contributed by atoms with Gasteiger partial charge in [0, 0.05) is 6.42 Å². The molecule has 0 saturated carbocycles. The van der Waals surface area contributed by atoms with Crippen molar-refractivity contribution in [3.8, 4) is 0 Å². The van der Waals surface area contributed by atoms with Gasteiger partial charge in [0.1, 0.15) is 0 Å². The van der Waals surface area contributed by atoms with E-state index in [2.05, 4.69) is 0 Å². The van der Waals surface area contributed by atoms with Gasteiger partial charge in [0.15, 0.2) is 0 Å². The maximum absolute atomic E-state index is 12.6. The van der Waals surface area contributed by atoms with E-state index in [-0.39, 0.29) is 10.6 Å². The molecule has 18 heavy (non-hydrogen) atoms. The number of aliphatic carboxylic acids is 1. The molecular weight excluding hydrogens is 275 g/mol. The molecule has 0 spiro atoms. The quantitative estimate of drug-likeness (QED) is 0.657. The van der Waals surface area contributed by atoms with Gasteiger partial charge in [0.2, 0.25) is 5.78 Å².